The van der Waals surface area contributed by atoms with Crippen LogP contribution in [-0.4, -0.2) is 4.99 Å². The molecule has 0 atom stereocenters. The van der Waals surface area contributed by atoms with E-state index in [9.17, 15) is 0 Å². The summed E-state index contributed by atoms with van der Waals surface area (Å²) in [7, 11) is 0. The Morgan fingerprint density at radius 3 is 2.68 bits per heavy atom. The fourth-order valence-corrected chi connectivity index (χ4v) is 2.21. The Bertz CT molecular complexity index is 613. The van der Waals surface area contributed by atoms with E-state index in [4.69, 9.17) is 22.7 Å². The van der Waals surface area contributed by atoms with E-state index < -0.39 is 0 Å². The summed E-state index contributed by atoms with van der Waals surface area (Å²) < 4.78 is 6.89. The number of halogens is 1. The molecule has 0 saturated heterocycles. The zero-order valence-electron chi connectivity index (χ0n) is 10.5. The van der Waals surface area contributed by atoms with Crippen LogP contribution in [0.4, 0.5) is 0 Å². The van der Waals surface area contributed by atoms with Crippen LogP contribution in [0, 0.1) is 6.92 Å². The molecule has 19 heavy (non-hydrogen) atoms. The number of benzene rings is 2. The van der Waals surface area contributed by atoms with Gasteiger partial charge >= 0.3 is 0 Å². The van der Waals surface area contributed by atoms with Crippen LogP contribution >= 0.6 is 28.1 Å². The maximum absolute atomic E-state index is 5.85. The van der Waals surface area contributed by atoms with Gasteiger partial charge in [0.1, 0.15) is 17.3 Å². The summed E-state index contributed by atoms with van der Waals surface area (Å²) in [4.78, 5) is 0.380. The van der Waals surface area contributed by atoms with Crippen LogP contribution in [0.1, 0.15) is 16.7 Å². The highest BCUT2D eigenvalue weighted by molar-refractivity contribution is 9.10. The molecule has 0 heterocycles. The van der Waals surface area contributed by atoms with Gasteiger partial charge in [-0.2, -0.15) is 0 Å². The number of aryl methyl sites for hydroxylation is 1. The lowest BCUT2D eigenvalue weighted by atomic mass is 10.1. The fraction of sp³-hybridized carbons (Fsp3) is 0.133. The van der Waals surface area contributed by atoms with Crippen LogP contribution in [0.15, 0.2) is 46.9 Å². The molecule has 0 saturated carbocycles. The molecule has 0 bridgehead atoms. The van der Waals surface area contributed by atoms with E-state index in [0.717, 1.165) is 26.9 Å². The first kappa shape index (κ1) is 14.0. The lowest BCUT2D eigenvalue weighted by molar-refractivity contribution is 0.303. The molecule has 2 N–H and O–H groups in total. The van der Waals surface area contributed by atoms with Gasteiger partial charge in [-0.25, -0.2) is 0 Å². The van der Waals surface area contributed by atoms with Crippen molar-refractivity contribution in [3.8, 4) is 5.75 Å². The summed E-state index contributed by atoms with van der Waals surface area (Å²) in [6.07, 6.45) is 0. The van der Waals surface area contributed by atoms with E-state index in [1.54, 1.807) is 0 Å². The first-order valence-electron chi connectivity index (χ1n) is 5.84. The molecule has 0 spiro atoms. The van der Waals surface area contributed by atoms with Crippen LogP contribution in [0.5, 0.6) is 5.75 Å². The van der Waals surface area contributed by atoms with Gasteiger partial charge in [0.15, 0.2) is 0 Å². The molecule has 4 heteroatoms. The summed E-state index contributed by atoms with van der Waals surface area (Å²) in [6, 6.07) is 13.7. The number of hydrogen-bond acceptors (Lipinski definition) is 2. The predicted molar refractivity (Wildman–Crippen MR) is 85.5 cm³/mol. The molecule has 0 amide bonds. The maximum atomic E-state index is 5.85. The Kier molecular flexibility index (Phi) is 4.56. The largest absolute Gasteiger partial charge is 0.489 e. The van der Waals surface area contributed by atoms with Gasteiger partial charge in [-0.3, -0.25) is 0 Å². The summed E-state index contributed by atoms with van der Waals surface area (Å²) in [6.45, 7) is 2.50. The molecular formula is C15H14BrNOS. The Labute approximate surface area is 126 Å². The molecule has 98 valence electrons. The summed E-state index contributed by atoms with van der Waals surface area (Å²) in [5, 5.41) is 0. The van der Waals surface area contributed by atoms with E-state index >= 15 is 0 Å². The highest BCUT2D eigenvalue weighted by atomic mass is 79.9. The fourth-order valence-electron chi connectivity index (χ4n) is 1.68. The van der Waals surface area contributed by atoms with Crippen molar-refractivity contribution in [2.24, 2.45) is 5.73 Å². The van der Waals surface area contributed by atoms with Gasteiger partial charge in [-0.15, -0.1) is 0 Å². The molecule has 2 aromatic carbocycles. The van der Waals surface area contributed by atoms with Gasteiger partial charge in [-0.05, 0) is 24.6 Å². The number of hydrogen-bond donors (Lipinski definition) is 1. The van der Waals surface area contributed by atoms with Crippen molar-refractivity contribution in [3.05, 3.63) is 63.6 Å². The van der Waals surface area contributed by atoms with Gasteiger partial charge in [0.2, 0.25) is 0 Å². The minimum atomic E-state index is 0.380. The topological polar surface area (TPSA) is 35.2 Å². The van der Waals surface area contributed by atoms with Gasteiger partial charge in [0.25, 0.3) is 0 Å². The van der Waals surface area contributed by atoms with E-state index in [1.165, 1.54) is 0 Å². The predicted octanol–water partition coefficient (Wildman–Crippen LogP) is 3.97. The first-order valence-corrected chi connectivity index (χ1v) is 7.04. The van der Waals surface area contributed by atoms with Crippen molar-refractivity contribution in [2.45, 2.75) is 13.5 Å². The van der Waals surface area contributed by atoms with Crippen LogP contribution in [0.3, 0.4) is 0 Å². The molecule has 2 aromatic rings. The molecular weight excluding hydrogens is 322 g/mol. The normalized spacial score (nSPS) is 10.2. The smallest absolute Gasteiger partial charge is 0.123 e. The number of rotatable bonds is 4. The van der Waals surface area contributed by atoms with Crippen molar-refractivity contribution in [2.75, 3.05) is 0 Å². The van der Waals surface area contributed by atoms with Crippen LogP contribution < -0.4 is 10.5 Å². The monoisotopic (exact) mass is 335 g/mol. The summed E-state index contributed by atoms with van der Waals surface area (Å²) >= 11 is 8.48. The maximum Gasteiger partial charge on any atom is 0.123 e. The Hall–Kier alpha value is -1.39. The van der Waals surface area contributed by atoms with Gasteiger partial charge in [-0.1, -0.05) is 58.5 Å². The molecule has 0 radical (unpaired) electrons. The Morgan fingerprint density at radius 1 is 1.26 bits per heavy atom. The molecule has 0 aliphatic rings. The van der Waals surface area contributed by atoms with E-state index in [1.807, 2.05) is 49.4 Å². The minimum absolute atomic E-state index is 0.380. The second-order valence-electron chi connectivity index (χ2n) is 4.22. The Balaban J connectivity index is 2.17. The summed E-state index contributed by atoms with van der Waals surface area (Å²) in [5.41, 5.74) is 8.62. The highest BCUT2D eigenvalue weighted by Crippen LogP contribution is 2.23. The zero-order chi connectivity index (χ0) is 13.8. The van der Waals surface area contributed by atoms with Crippen molar-refractivity contribution in [1.82, 2.24) is 0 Å². The molecule has 2 nitrogen and oxygen atoms in total. The number of thiocarbonyl (C=S) groups is 1. The van der Waals surface area contributed by atoms with E-state index in [2.05, 4.69) is 15.9 Å². The molecule has 0 aliphatic carbocycles. The molecule has 0 unspecified atom stereocenters. The third-order valence-electron chi connectivity index (χ3n) is 2.81. The van der Waals surface area contributed by atoms with Crippen LogP contribution in [0.25, 0.3) is 0 Å². The minimum Gasteiger partial charge on any atom is -0.489 e. The second-order valence-corrected chi connectivity index (χ2v) is 5.52. The quantitative estimate of drug-likeness (QED) is 0.858. The molecule has 0 aromatic heterocycles. The lowest BCUT2D eigenvalue weighted by Gasteiger charge is -2.11. The standard InChI is InChI=1S/C15H14BrNOS/c1-10-6-7-11(15(17)19)8-14(10)18-9-12-4-2-3-5-13(12)16/h2-8H,9H2,1H3,(H2,17,19). The van der Waals surface area contributed by atoms with Gasteiger partial charge in [0, 0.05) is 15.6 Å². The van der Waals surface area contributed by atoms with Crippen LogP contribution in [0.2, 0.25) is 0 Å². The van der Waals surface area contributed by atoms with Crippen molar-refractivity contribution < 1.29 is 4.74 Å². The highest BCUT2D eigenvalue weighted by Gasteiger charge is 2.05. The number of ether oxygens (including phenoxy) is 1. The third kappa shape index (κ3) is 3.55. The average molecular weight is 336 g/mol. The van der Waals surface area contributed by atoms with Crippen molar-refractivity contribution in [1.29, 1.82) is 0 Å². The van der Waals surface area contributed by atoms with E-state index in [0.29, 0.717) is 11.6 Å². The lowest BCUT2D eigenvalue weighted by Crippen LogP contribution is -2.09. The van der Waals surface area contributed by atoms with Crippen molar-refractivity contribution >= 4 is 33.1 Å². The SMILES string of the molecule is Cc1ccc(C(N)=S)cc1OCc1ccccc1Br. The molecule has 0 fully saturated rings. The van der Waals surface area contributed by atoms with Crippen LogP contribution in [-0.2, 0) is 6.61 Å². The first-order chi connectivity index (χ1) is 9.08. The second kappa shape index (κ2) is 6.17. The van der Waals surface area contributed by atoms with Gasteiger partial charge < -0.3 is 10.5 Å². The average Bonchev–Trinajstić information content (AvgIpc) is 2.39. The molecule has 2 rings (SSSR count). The Morgan fingerprint density at radius 2 is 2.00 bits per heavy atom. The number of nitrogens with two attached hydrogens (primary N) is 1. The third-order valence-corrected chi connectivity index (χ3v) is 3.82. The van der Waals surface area contributed by atoms with E-state index in [-0.39, 0.29) is 0 Å². The molecule has 0 aliphatic heterocycles. The van der Waals surface area contributed by atoms with Crippen molar-refractivity contribution in [3.63, 3.8) is 0 Å². The van der Waals surface area contributed by atoms with Gasteiger partial charge in [0.05, 0.1) is 0 Å². The zero-order valence-corrected chi connectivity index (χ0v) is 12.9. The summed E-state index contributed by atoms with van der Waals surface area (Å²) in [5.74, 6) is 0.807.